The Morgan fingerprint density at radius 1 is 0.841 bits per heavy atom. The predicted octanol–water partition coefficient (Wildman–Crippen LogP) is 0.0654. The highest BCUT2D eigenvalue weighted by Gasteiger charge is 2.35. The Balaban J connectivity index is 1.68. The van der Waals surface area contributed by atoms with Crippen LogP contribution in [0.4, 0.5) is 11.4 Å². The average Bonchev–Trinajstić information content (AvgIpc) is 3.20. The number of carbonyl (C=O) groups is 1. The smallest absolute Gasteiger partial charge is 0.269 e. The summed E-state index contributed by atoms with van der Waals surface area (Å²) in [5.74, 6) is -0.636. The van der Waals surface area contributed by atoms with E-state index in [9.17, 15) is 38.5 Å². The van der Waals surface area contributed by atoms with Gasteiger partial charge in [0, 0.05) is 13.1 Å². The quantitative estimate of drug-likeness (QED) is 0.109. The molecule has 3 rings (SSSR count). The summed E-state index contributed by atoms with van der Waals surface area (Å²) in [7, 11) is -17.7. The molecule has 0 fully saturated rings. The molecule has 23 heteroatoms. The van der Waals surface area contributed by atoms with E-state index in [1.165, 1.54) is 56.3 Å². The molecule has 19 nitrogen and oxygen atoms in total. The van der Waals surface area contributed by atoms with Gasteiger partial charge in [-0.25, -0.2) is 34.6 Å². The van der Waals surface area contributed by atoms with Gasteiger partial charge in [0.1, 0.15) is 0 Å². The summed E-state index contributed by atoms with van der Waals surface area (Å²) in [5.41, 5.74) is 0.804. The Morgan fingerprint density at radius 2 is 1.39 bits per heavy atom. The molecule has 1 unspecified atom stereocenters. The molecule has 1 aliphatic rings. The number of sulfonamides is 2. The number of azo groups is 1. The summed E-state index contributed by atoms with van der Waals surface area (Å²) in [5, 5.41) is 13.1. The van der Waals surface area contributed by atoms with Crippen LogP contribution in [0.15, 0.2) is 67.6 Å². The van der Waals surface area contributed by atoms with Crippen LogP contribution in [0.25, 0.3) is 0 Å². The fourth-order valence-corrected chi connectivity index (χ4v) is 6.39. The molecule has 0 saturated heterocycles. The third-order valence-corrected chi connectivity index (χ3v) is 9.50. The van der Waals surface area contributed by atoms with Crippen molar-refractivity contribution in [3.8, 4) is 0 Å². The molecular weight excluding hydrogens is 673 g/mol. The van der Waals surface area contributed by atoms with Crippen molar-refractivity contribution in [2.45, 2.75) is 29.7 Å². The Bertz CT molecular complexity index is 1890. The summed E-state index contributed by atoms with van der Waals surface area (Å²) in [6.45, 7) is 0.785. The minimum atomic E-state index is -4.74. The average molecular weight is 699 g/mol. The highest BCUT2D eigenvalue weighted by atomic mass is 32.3. The van der Waals surface area contributed by atoms with Crippen molar-refractivity contribution >= 4 is 63.8 Å². The van der Waals surface area contributed by atoms with Gasteiger partial charge in [-0.15, -0.1) is 0 Å². The number of hydrazone groups is 1. The zero-order valence-electron chi connectivity index (χ0n) is 22.8. The maximum atomic E-state index is 13.0. The predicted molar refractivity (Wildman–Crippen MR) is 152 cm³/mol. The molecule has 0 spiro atoms. The van der Waals surface area contributed by atoms with E-state index in [4.69, 9.17) is 9.11 Å². The van der Waals surface area contributed by atoms with Gasteiger partial charge < -0.3 is 0 Å². The normalized spacial score (nSPS) is 16.5. The summed E-state index contributed by atoms with van der Waals surface area (Å²) in [6, 6.07) is 7.82. The van der Waals surface area contributed by atoms with Gasteiger partial charge in [-0.3, -0.25) is 13.9 Å². The molecule has 44 heavy (non-hydrogen) atoms. The minimum Gasteiger partial charge on any atom is -0.269 e. The van der Waals surface area contributed by atoms with E-state index in [0.29, 0.717) is 5.56 Å². The highest BCUT2D eigenvalue weighted by molar-refractivity contribution is 7.89. The third-order valence-electron chi connectivity index (χ3n) is 5.49. The molecule has 0 bridgehead atoms. The van der Waals surface area contributed by atoms with Crippen molar-refractivity contribution in [1.29, 1.82) is 0 Å². The molecule has 0 radical (unpaired) electrons. The first-order chi connectivity index (χ1) is 20.3. The largest absolute Gasteiger partial charge is 0.397 e. The minimum absolute atomic E-state index is 0.0632. The molecule has 1 amide bonds. The first kappa shape index (κ1) is 35.2. The molecule has 1 atom stereocenters. The van der Waals surface area contributed by atoms with Gasteiger partial charge in [-0.05, 0) is 55.8 Å². The van der Waals surface area contributed by atoms with Crippen molar-refractivity contribution in [2.24, 2.45) is 15.3 Å². The lowest BCUT2D eigenvalue weighted by atomic mass is 10.2. The van der Waals surface area contributed by atoms with Crippen molar-refractivity contribution in [1.82, 2.24) is 9.44 Å². The maximum absolute atomic E-state index is 13.0. The van der Waals surface area contributed by atoms with Gasteiger partial charge in [0.25, 0.3) is 5.91 Å². The summed E-state index contributed by atoms with van der Waals surface area (Å²) in [4.78, 5) is 12.6. The number of carbonyl (C=O) groups excluding carboxylic acids is 1. The molecular formula is C21H26N6O13S4. The standard InChI is InChI=1S/C21H26N6O13S4/c1-14-3-4-16(13-19(14)42(31,32)23-10-12-40-44(36,37)38)24-25-20-15(2)26-27(21(20)28)17-5-7-18(8-6-17)41(29,30)22-9-11-39-43(33,34)35/h3-8,13,20,22-23H,9-12H2,1-2H3,(H,33,34,35)(H,36,37,38). The Labute approximate surface area is 253 Å². The van der Waals surface area contributed by atoms with Crippen LogP contribution in [0.2, 0.25) is 0 Å². The molecule has 242 valence electrons. The van der Waals surface area contributed by atoms with E-state index in [-0.39, 0.29) is 26.9 Å². The Morgan fingerprint density at radius 3 is 1.93 bits per heavy atom. The number of nitrogens with one attached hydrogen (secondary N) is 2. The van der Waals surface area contributed by atoms with Gasteiger partial charge in [0.05, 0.1) is 40.1 Å². The first-order valence-electron chi connectivity index (χ1n) is 12.0. The SMILES string of the molecule is CC1=NN(c2ccc(S(=O)(=O)NCCOS(=O)(=O)O)cc2)C(=O)C1N=Nc1ccc(C)c(S(=O)(=O)NCCOS(=O)(=O)O)c1. The molecule has 0 aliphatic carbocycles. The molecule has 2 aromatic carbocycles. The van der Waals surface area contributed by atoms with Crippen LogP contribution < -0.4 is 14.5 Å². The maximum Gasteiger partial charge on any atom is 0.397 e. The van der Waals surface area contributed by atoms with E-state index in [0.717, 1.165) is 5.01 Å². The van der Waals surface area contributed by atoms with Crippen LogP contribution >= 0.6 is 0 Å². The van der Waals surface area contributed by atoms with Crippen molar-refractivity contribution in [3.63, 3.8) is 0 Å². The topological polar surface area (TPSA) is 277 Å². The van der Waals surface area contributed by atoms with E-state index in [2.05, 4.69) is 33.1 Å². The number of benzene rings is 2. The van der Waals surface area contributed by atoms with E-state index in [1.54, 1.807) is 0 Å². The van der Waals surface area contributed by atoms with Crippen molar-refractivity contribution in [2.75, 3.05) is 31.3 Å². The number of amides is 1. The fourth-order valence-electron chi connectivity index (χ4n) is 3.51. The van der Waals surface area contributed by atoms with Gasteiger partial charge in [-0.2, -0.15) is 37.2 Å². The molecule has 1 heterocycles. The van der Waals surface area contributed by atoms with Gasteiger partial charge >= 0.3 is 20.8 Å². The van der Waals surface area contributed by atoms with Gasteiger partial charge in [0.2, 0.25) is 20.0 Å². The van der Waals surface area contributed by atoms with E-state index < -0.39 is 79.1 Å². The van der Waals surface area contributed by atoms with Gasteiger partial charge in [-0.1, -0.05) is 6.07 Å². The molecule has 1 aliphatic heterocycles. The second-order valence-corrected chi connectivity index (χ2v) is 14.4. The fraction of sp³-hybridized carbons (Fsp3) is 0.333. The molecule has 4 N–H and O–H groups in total. The summed E-state index contributed by atoms with van der Waals surface area (Å²) < 4.78 is 122. The summed E-state index contributed by atoms with van der Waals surface area (Å²) in [6.07, 6.45) is 0. The number of aryl methyl sites for hydroxylation is 1. The lowest BCUT2D eigenvalue weighted by molar-refractivity contribution is -0.117. The van der Waals surface area contributed by atoms with Crippen molar-refractivity contribution in [3.05, 3.63) is 48.0 Å². The lowest BCUT2D eigenvalue weighted by Gasteiger charge is -2.13. The van der Waals surface area contributed by atoms with Gasteiger partial charge in [0.15, 0.2) is 6.04 Å². The molecule has 0 saturated carbocycles. The van der Waals surface area contributed by atoms with Crippen LogP contribution in [0.5, 0.6) is 0 Å². The monoisotopic (exact) mass is 698 g/mol. The van der Waals surface area contributed by atoms with Crippen molar-refractivity contribution < 1.29 is 55.9 Å². The second-order valence-electron chi connectivity index (χ2n) is 8.75. The van der Waals surface area contributed by atoms with Crippen LogP contribution in [0, 0.1) is 6.92 Å². The Hall–Kier alpha value is -3.26. The molecule has 2 aromatic rings. The first-order valence-corrected chi connectivity index (χ1v) is 17.7. The zero-order chi connectivity index (χ0) is 32.9. The number of rotatable bonds is 15. The number of hydrogen-bond donors (Lipinski definition) is 4. The second kappa shape index (κ2) is 13.8. The molecule has 0 aromatic heterocycles. The van der Waals surface area contributed by atoms with E-state index >= 15 is 0 Å². The highest BCUT2D eigenvalue weighted by Crippen LogP contribution is 2.26. The van der Waals surface area contributed by atoms with E-state index in [1.807, 2.05) is 0 Å². The number of anilines is 1. The third kappa shape index (κ3) is 9.88. The number of nitrogens with zero attached hydrogens (tertiary/aromatic N) is 4. The van der Waals surface area contributed by atoms with Crippen LogP contribution in [-0.4, -0.2) is 86.7 Å². The lowest BCUT2D eigenvalue weighted by Crippen LogP contribution is -2.30. The number of hydrogen-bond acceptors (Lipinski definition) is 14. The van der Waals surface area contributed by atoms with Crippen LogP contribution in [0.1, 0.15) is 12.5 Å². The van der Waals surface area contributed by atoms with Crippen LogP contribution in [0.3, 0.4) is 0 Å². The summed E-state index contributed by atoms with van der Waals surface area (Å²) >= 11 is 0. The Kier molecular flexibility index (Phi) is 11.0. The van der Waals surface area contributed by atoms with Crippen LogP contribution in [-0.2, 0) is 54.0 Å². The zero-order valence-corrected chi connectivity index (χ0v) is 26.0.